The van der Waals surface area contributed by atoms with Gasteiger partial charge in [0, 0.05) is 18.8 Å². The van der Waals surface area contributed by atoms with Gasteiger partial charge in [0.1, 0.15) is 11.6 Å². The van der Waals surface area contributed by atoms with E-state index in [0.29, 0.717) is 24.5 Å². The monoisotopic (exact) mass is 406 g/mol. The van der Waals surface area contributed by atoms with Crippen LogP contribution in [0.3, 0.4) is 0 Å². The van der Waals surface area contributed by atoms with Gasteiger partial charge < -0.3 is 10.1 Å². The number of ether oxygens (including phenoxy) is 1. The molecule has 1 fully saturated rings. The largest absolute Gasteiger partial charge is 0.481 e. The molecular formula is C20H23FN2O4S. The Balaban J connectivity index is 1.61. The first-order chi connectivity index (χ1) is 13.4. The number of hydrogen-bond acceptors (Lipinski definition) is 4. The molecule has 0 spiro atoms. The SMILES string of the molecule is C[C@@H](Oc1ccc(F)cc1)C(=O)Nc1ccc(S(=O)(=O)N2CCCCC2)cc1. The molecule has 1 N–H and O–H groups in total. The first-order valence-electron chi connectivity index (χ1n) is 9.19. The molecule has 6 nitrogen and oxygen atoms in total. The van der Waals surface area contributed by atoms with E-state index < -0.39 is 22.0 Å². The van der Waals surface area contributed by atoms with Crippen LogP contribution in [0.25, 0.3) is 0 Å². The van der Waals surface area contributed by atoms with Crippen LogP contribution in [0.4, 0.5) is 10.1 Å². The van der Waals surface area contributed by atoms with E-state index in [1.807, 2.05) is 0 Å². The highest BCUT2D eigenvalue weighted by Crippen LogP contribution is 2.22. The second-order valence-electron chi connectivity index (χ2n) is 6.69. The van der Waals surface area contributed by atoms with Crippen molar-refractivity contribution >= 4 is 21.6 Å². The third kappa shape index (κ3) is 4.88. The Morgan fingerprint density at radius 1 is 1.04 bits per heavy atom. The van der Waals surface area contributed by atoms with Crippen molar-refractivity contribution in [2.45, 2.75) is 37.2 Å². The molecule has 0 aromatic heterocycles. The summed E-state index contributed by atoms with van der Waals surface area (Å²) in [6, 6.07) is 11.5. The third-order valence-electron chi connectivity index (χ3n) is 4.57. The molecule has 2 aromatic rings. The predicted octanol–water partition coefficient (Wildman–Crippen LogP) is 3.41. The molecular weight excluding hydrogens is 383 g/mol. The van der Waals surface area contributed by atoms with Crippen molar-refractivity contribution in [2.75, 3.05) is 18.4 Å². The molecule has 0 aliphatic carbocycles. The smallest absolute Gasteiger partial charge is 0.265 e. The summed E-state index contributed by atoms with van der Waals surface area (Å²) >= 11 is 0. The zero-order chi connectivity index (χ0) is 20.1. The number of nitrogens with one attached hydrogen (secondary N) is 1. The van der Waals surface area contributed by atoms with E-state index in [1.165, 1.54) is 40.7 Å². The molecule has 28 heavy (non-hydrogen) atoms. The minimum Gasteiger partial charge on any atom is -0.481 e. The third-order valence-corrected chi connectivity index (χ3v) is 6.48. The molecule has 0 radical (unpaired) electrons. The van der Waals surface area contributed by atoms with E-state index in [0.717, 1.165) is 19.3 Å². The zero-order valence-corrected chi connectivity index (χ0v) is 16.4. The van der Waals surface area contributed by atoms with Crippen molar-refractivity contribution in [1.82, 2.24) is 4.31 Å². The van der Waals surface area contributed by atoms with Crippen LogP contribution in [0.2, 0.25) is 0 Å². The summed E-state index contributed by atoms with van der Waals surface area (Å²) in [5.41, 5.74) is 0.470. The van der Waals surface area contributed by atoms with Crippen molar-refractivity contribution in [1.29, 1.82) is 0 Å². The first kappa shape index (κ1) is 20.3. The average molecular weight is 406 g/mol. The average Bonchev–Trinajstić information content (AvgIpc) is 2.70. The van der Waals surface area contributed by atoms with Gasteiger partial charge in [0.2, 0.25) is 10.0 Å². The van der Waals surface area contributed by atoms with Crippen molar-refractivity contribution in [3.63, 3.8) is 0 Å². The lowest BCUT2D eigenvalue weighted by atomic mass is 10.2. The van der Waals surface area contributed by atoms with E-state index in [1.54, 1.807) is 19.1 Å². The van der Waals surface area contributed by atoms with Gasteiger partial charge in [-0.15, -0.1) is 0 Å². The van der Waals surface area contributed by atoms with E-state index in [4.69, 9.17) is 4.74 Å². The van der Waals surface area contributed by atoms with Gasteiger partial charge in [-0.05, 0) is 68.3 Å². The van der Waals surface area contributed by atoms with Crippen molar-refractivity contribution in [3.05, 3.63) is 54.3 Å². The summed E-state index contributed by atoms with van der Waals surface area (Å²) in [6.07, 6.45) is 2.00. The van der Waals surface area contributed by atoms with Crippen molar-refractivity contribution < 1.29 is 22.3 Å². The number of rotatable bonds is 6. The number of amides is 1. The Kier molecular flexibility index (Phi) is 6.31. The fourth-order valence-corrected chi connectivity index (χ4v) is 4.50. The fraction of sp³-hybridized carbons (Fsp3) is 0.350. The number of halogens is 1. The second kappa shape index (κ2) is 8.70. The number of nitrogens with zero attached hydrogens (tertiary/aromatic N) is 1. The maximum absolute atomic E-state index is 12.9. The Morgan fingerprint density at radius 3 is 2.25 bits per heavy atom. The maximum Gasteiger partial charge on any atom is 0.265 e. The van der Waals surface area contributed by atoms with Crippen LogP contribution in [0.15, 0.2) is 53.4 Å². The molecule has 2 aromatic carbocycles. The number of carbonyl (C=O) groups is 1. The lowest BCUT2D eigenvalue weighted by Crippen LogP contribution is -2.35. The predicted molar refractivity (Wildman–Crippen MR) is 104 cm³/mol. The molecule has 1 saturated heterocycles. The molecule has 8 heteroatoms. The Labute approximate surface area is 164 Å². The fourth-order valence-electron chi connectivity index (χ4n) is 2.98. The minimum atomic E-state index is -3.50. The number of benzene rings is 2. The Hall–Kier alpha value is -2.45. The second-order valence-corrected chi connectivity index (χ2v) is 8.63. The summed E-state index contributed by atoms with van der Waals surface area (Å²) in [5.74, 6) is -0.396. The number of anilines is 1. The van der Waals surface area contributed by atoms with Crippen LogP contribution in [0.5, 0.6) is 5.75 Å². The molecule has 0 bridgehead atoms. The van der Waals surface area contributed by atoms with Crippen LogP contribution in [-0.2, 0) is 14.8 Å². The lowest BCUT2D eigenvalue weighted by Gasteiger charge is -2.25. The Morgan fingerprint density at radius 2 is 1.64 bits per heavy atom. The van der Waals surface area contributed by atoms with Crippen LogP contribution in [0.1, 0.15) is 26.2 Å². The molecule has 1 heterocycles. The molecule has 150 valence electrons. The number of hydrogen-bond donors (Lipinski definition) is 1. The van der Waals surface area contributed by atoms with Crippen LogP contribution in [-0.4, -0.2) is 37.8 Å². The van der Waals surface area contributed by atoms with Crippen LogP contribution in [0, 0.1) is 5.82 Å². The molecule has 1 atom stereocenters. The number of sulfonamides is 1. The molecule has 1 aliphatic heterocycles. The lowest BCUT2D eigenvalue weighted by molar-refractivity contribution is -0.122. The van der Waals surface area contributed by atoms with Crippen LogP contribution < -0.4 is 10.1 Å². The van der Waals surface area contributed by atoms with E-state index in [-0.39, 0.29) is 10.7 Å². The molecule has 1 aliphatic rings. The summed E-state index contributed by atoms with van der Waals surface area (Å²) in [5, 5.41) is 2.69. The highest BCUT2D eigenvalue weighted by Gasteiger charge is 2.25. The van der Waals surface area contributed by atoms with Crippen molar-refractivity contribution in [2.24, 2.45) is 0 Å². The van der Waals surface area contributed by atoms with Gasteiger partial charge in [-0.3, -0.25) is 4.79 Å². The highest BCUT2D eigenvalue weighted by atomic mass is 32.2. The number of carbonyl (C=O) groups excluding carboxylic acids is 1. The highest BCUT2D eigenvalue weighted by molar-refractivity contribution is 7.89. The van der Waals surface area contributed by atoms with E-state index in [9.17, 15) is 17.6 Å². The molecule has 0 saturated carbocycles. The summed E-state index contributed by atoms with van der Waals surface area (Å²) in [6.45, 7) is 2.66. The van der Waals surface area contributed by atoms with Gasteiger partial charge in [-0.25, -0.2) is 12.8 Å². The van der Waals surface area contributed by atoms with E-state index >= 15 is 0 Å². The number of piperidine rings is 1. The standard InChI is InChI=1S/C20H23FN2O4S/c1-15(27-18-9-5-16(21)6-10-18)20(24)22-17-7-11-19(12-8-17)28(25,26)23-13-3-2-4-14-23/h5-12,15H,2-4,13-14H2,1H3,(H,22,24)/t15-/m1/s1. The van der Waals surface area contributed by atoms with Gasteiger partial charge in [0.15, 0.2) is 6.10 Å². The normalized spacial score (nSPS) is 16.4. The maximum atomic E-state index is 12.9. The van der Waals surface area contributed by atoms with Gasteiger partial charge in [-0.2, -0.15) is 4.31 Å². The van der Waals surface area contributed by atoms with Crippen molar-refractivity contribution in [3.8, 4) is 5.75 Å². The van der Waals surface area contributed by atoms with Gasteiger partial charge >= 0.3 is 0 Å². The van der Waals surface area contributed by atoms with Gasteiger partial charge in [0.05, 0.1) is 4.90 Å². The van der Waals surface area contributed by atoms with Gasteiger partial charge in [0.25, 0.3) is 5.91 Å². The van der Waals surface area contributed by atoms with E-state index in [2.05, 4.69) is 5.32 Å². The summed E-state index contributed by atoms with van der Waals surface area (Å²) < 4.78 is 45.2. The minimum absolute atomic E-state index is 0.211. The van der Waals surface area contributed by atoms with Gasteiger partial charge in [-0.1, -0.05) is 6.42 Å². The first-order valence-corrected chi connectivity index (χ1v) is 10.6. The summed E-state index contributed by atoms with van der Waals surface area (Å²) in [7, 11) is -3.50. The topological polar surface area (TPSA) is 75.7 Å². The van der Waals surface area contributed by atoms with Crippen LogP contribution >= 0.6 is 0 Å². The quantitative estimate of drug-likeness (QED) is 0.798. The zero-order valence-electron chi connectivity index (χ0n) is 15.6. The molecule has 1 amide bonds. The summed E-state index contributed by atoms with van der Waals surface area (Å²) in [4.78, 5) is 12.5. The molecule has 3 rings (SSSR count). The Bertz CT molecular complexity index is 908. The molecule has 0 unspecified atom stereocenters.